The number of aromatic nitrogens is 3. The Morgan fingerprint density at radius 1 is 1.06 bits per heavy atom. The zero-order valence-electron chi connectivity index (χ0n) is 19.5. The molecule has 0 N–H and O–H groups in total. The summed E-state index contributed by atoms with van der Waals surface area (Å²) in [6.45, 7) is 7.47. The van der Waals surface area contributed by atoms with E-state index in [2.05, 4.69) is 28.4 Å². The maximum Gasteiger partial charge on any atom is 0.291 e. The van der Waals surface area contributed by atoms with Gasteiger partial charge in [0.1, 0.15) is 12.1 Å². The summed E-state index contributed by atoms with van der Waals surface area (Å²) < 4.78 is 3.37. The molecule has 0 bridgehead atoms. The molecule has 0 saturated carbocycles. The summed E-state index contributed by atoms with van der Waals surface area (Å²) in [5.41, 5.74) is 3.69. The van der Waals surface area contributed by atoms with Gasteiger partial charge in [-0.1, -0.05) is 42.8 Å². The molecule has 4 aromatic rings. The zero-order chi connectivity index (χ0) is 23.8. The number of hydrogen-bond donors (Lipinski definition) is 0. The highest BCUT2D eigenvalue weighted by Crippen LogP contribution is 2.27. The second-order valence-electron chi connectivity index (χ2n) is 8.84. The Bertz CT molecular complexity index is 1430. The molecule has 0 unspecified atom stereocenters. The van der Waals surface area contributed by atoms with E-state index in [4.69, 9.17) is 11.6 Å². The van der Waals surface area contributed by atoms with Crippen LogP contribution in [-0.2, 0) is 17.9 Å². The lowest BCUT2D eigenvalue weighted by Crippen LogP contribution is -2.50. The number of nitrogens with zero attached hydrogens (tertiary/aromatic N) is 5. The minimum absolute atomic E-state index is 0.0569. The number of aryl methyl sites for hydroxylation is 2. The van der Waals surface area contributed by atoms with Gasteiger partial charge < -0.3 is 14.4 Å². The average molecular weight is 478 g/mol. The molecule has 8 heteroatoms. The monoisotopic (exact) mass is 477 g/mol. The van der Waals surface area contributed by atoms with Crippen LogP contribution in [0.1, 0.15) is 18.9 Å². The van der Waals surface area contributed by atoms with Crippen LogP contribution in [0.15, 0.2) is 53.5 Å². The summed E-state index contributed by atoms with van der Waals surface area (Å²) in [7, 11) is 0. The molecule has 2 aromatic heterocycles. The van der Waals surface area contributed by atoms with Gasteiger partial charge in [0.2, 0.25) is 5.91 Å². The molecule has 0 atom stereocenters. The summed E-state index contributed by atoms with van der Waals surface area (Å²) in [5.74, 6) is -0.0884. The Kier molecular flexibility index (Phi) is 6.04. The Hall–Kier alpha value is -3.32. The zero-order valence-corrected chi connectivity index (χ0v) is 20.3. The van der Waals surface area contributed by atoms with Crippen molar-refractivity contribution >= 4 is 45.0 Å². The summed E-state index contributed by atoms with van der Waals surface area (Å²) in [5, 5.41) is 6.93. The predicted molar refractivity (Wildman–Crippen MR) is 137 cm³/mol. The second-order valence-corrected chi connectivity index (χ2v) is 9.27. The molecule has 5 rings (SSSR count). The van der Waals surface area contributed by atoms with Crippen LogP contribution in [0.25, 0.3) is 21.8 Å². The van der Waals surface area contributed by atoms with Gasteiger partial charge in [-0.05, 0) is 37.1 Å². The van der Waals surface area contributed by atoms with E-state index in [9.17, 15) is 9.59 Å². The number of rotatable bonds is 5. The number of piperazine rings is 1. The topological polar surface area (TPSA) is 63.4 Å². The summed E-state index contributed by atoms with van der Waals surface area (Å²) in [4.78, 5) is 30.6. The van der Waals surface area contributed by atoms with Gasteiger partial charge in [0.15, 0.2) is 0 Å². The number of carbonyl (C=O) groups is 1. The highest BCUT2D eigenvalue weighted by Gasteiger charge is 2.24. The van der Waals surface area contributed by atoms with Crippen molar-refractivity contribution in [3.63, 3.8) is 0 Å². The molecule has 1 amide bonds. The fourth-order valence-corrected chi connectivity index (χ4v) is 5.08. The molecule has 0 aliphatic carbocycles. The molecule has 1 aliphatic rings. The van der Waals surface area contributed by atoms with Crippen LogP contribution in [0, 0.1) is 6.92 Å². The van der Waals surface area contributed by atoms with Crippen LogP contribution in [0.5, 0.6) is 0 Å². The van der Waals surface area contributed by atoms with Gasteiger partial charge in [0.05, 0.1) is 6.20 Å². The molecule has 34 heavy (non-hydrogen) atoms. The van der Waals surface area contributed by atoms with E-state index in [-0.39, 0.29) is 18.0 Å². The highest BCUT2D eigenvalue weighted by molar-refractivity contribution is 6.30. The van der Waals surface area contributed by atoms with Crippen LogP contribution >= 0.6 is 11.6 Å². The van der Waals surface area contributed by atoms with E-state index >= 15 is 0 Å². The first-order valence-electron chi connectivity index (χ1n) is 11.7. The number of para-hydroxylation sites is 1. The van der Waals surface area contributed by atoms with E-state index in [0.29, 0.717) is 23.6 Å². The van der Waals surface area contributed by atoms with E-state index < -0.39 is 0 Å². The molecule has 176 valence electrons. The Labute approximate surface area is 203 Å². The normalized spacial score (nSPS) is 14.3. The Balaban J connectivity index is 1.36. The van der Waals surface area contributed by atoms with Crippen molar-refractivity contribution in [2.24, 2.45) is 0 Å². The van der Waals surface area contributed by atoms with Crippen LogP contribution in [-0.4, -0.2) is 51.3 Å². The molecular formula is C26H28ClN5O2. The fraction of sp³-hybridized carbons (Fsp3) is 0.346. The number of fused-ring (bicyclic) bond motifs is 3. The summed E-state index contributed by atoms with van der Waals surface area (Å²) in [6.07, 6.45) is 2.63. The van der Waals surface area contributed by atoms with Crippen LogP contribution in [0.2, 0.25) is 5.02 Å². The van der Waals surface area contributed by atoms with Gasteiger partial charge >= 0.3 is 0 Å². The number of hydrogen-bond acceptors (Lipinski definition) is 4. The molecule has 1 fully saturated rings. The first-order valence-corrected chi connectivity index (χ1v) is 12.1. The Morgan fingerprint density at radius 3 is 2.59 bits per heavy atom. The van der Waals surface area contributed by atoms with Crippen molar-refractivity contribution < 1.29 is 4.79 Å². The van der Waals surface area contributed by atoms with Crippen molar-refractivity contribution in [1.29, 1.82) is 0 Å². The standard InChI is InChI=1S/C26H28ClN5O2/c1-3-10-31-22-7-5-4-6-20(22)21-16-28-32(26(34)25(21)31)17-24(33)30-13-11-29(12-14-30)23-15-19(27)9-8-18(23)2/h4-9,15-16H,3,10-14,17H2,1-2H3. The summed E-state index contributed by atoms with van der Waals surface area (Å²) >= 11 is 6.19. The van der Waals surface area contributed by atoms with Crippen molar-refractivity contribution in [2.75, 3.05) is 31.1 Å². The SMILES string of the molecule is CCCn1c2ccccc2c2cnn(CC(=O)N3CCN(c4cc(Cl)ccc4C)CC3)c(=O)c21. The van der Waals surface area contributed by atoms with Crippen LogP contribution in [0.4, 0.5) is 5.69 Å². The first kappa shape index (κ1) is 22.5. The lowest BCUT2D eigenvalue weighted by molar-refractivity contribution is -0.132. The van der Waals surface area contributed by atoms with E-state index in [0.717, 1.165) is 53.6 Å². The van der Waals surface area contributed by atoms with E-state index in [1.165, 1.54) is 4.68 Å². The van der Waals surface area contributed by atoms with Gasteiger partial charge in [0, 0.05) is 59.7 Å². The second kappa shape index (κ2) is 9.14. The van der Waals surface area contributed by atoms with Crippen molar-refractivity contribution in [3.05, 3.63) is 69.6 Å². The molecule has 0 spiro atoms. The molecule has 0 radical (unpaired) electrons. The minimum atomic E-state index is -0.219. The number of benzene rings is 2. The third kappa shape index (κ3) is 3.94. The van der Waals surface area contributed by atoms with Crippen molar-refractivity contribution in [1.82, 2.24) is 19.2 Å². The average Bonchev–Trinajstić information content (AvgIpc) is 3.17. The van der Waals surface area contributed by atoms with E-state index in [1.807, 2.05) is 47.4 Å². The van der Waals surface area contributed by atoms with Gasteiger partial charge in [-0.25, -0.2) is 4.68 Å². The lowest BCUT2D eigenvalue weighted by atomic mass is 10.1. The number of halogens is 1. The molecule has 2 aromatic carbocycles. The van der Waals surface area contributed by atoms with Crippen LogP contribution < -0.4 is 10.5 Å². The number of anilines is 1. The third-order valence-electron chi connectivity index (χ3n) is 6.65. The first-order chi connectivity index (χ1) is 16.5. The molecule has 7 nitrogen and oxygen atoms in total. The third-order valence-corrected chi connectivity index (χ3v) is 6.88. The van der Waals surface area contributed by atoms with Gasteiger partial charge in [-0.2, -0.15) is 5.10 Å². The van der Waals surface area contributed by atoms with Gasteiger partial charge in [-0.3, -0.25) is 9.59 Å². The predicted octanol–water partition coefficient (Wildman–Crippen LogP) is 4.07. The quantitative estimate of drug-likeness (QED) is 0.434. The minimum Gasteiger partial charge on any atom is -0.368 e. The largest absolute Gasteiger partial charge is 0.368 e. The maximum atomic E-state index is 13.4. The lowest BCUT2D eigenvalue weighted by Gasteiger charge is -2.37. The highest BCUT2D eigenvalue weighted by atomic mass is 35.5. The smallest absolute Gasteiger partial charge is 0.291 e. The molecule has 3 heterocycles. The number of amides is 1. The van der Waals surface area contributed by atoms with E-state index in [1.54, 1.807) is 6.20 Å². The fourth-order valence-electron chi connectivity index (χ4n) is 4.91. The molecule has 1 aliphatic heterocycles. The van der Waals surface area contributed by atoms with Gasteiger partial charge in [-0.15, -0.1) is 0 Å². The van der Waals surface area contributed by atoms with Crippen molar-refractivity contribution in [3.8, 4) is 0 Å². The van der Waals surface area contributed by atoms with Gasteiger partial charge in [0.25, 0.3) is 5.56 Å². The van der Waals surface area contributed by atoms with Crippen LogP contribution in [0.3, 0.4) is 0 Å². The number of carbonyl (C=O) groups excluding carboxylic acids is 1. The molecular weight excluding hydrogens is 450 g/mol. The maximum absolute atomic E-state index is 13.4. The molecule has 1 saturated heterocycles. The van der Waals surface area contributed by atoms with Crippen molar-refractivity contribution in [2.45, 2.75) is 33.4 Å². The Morgan fingerprint density at radius 2 is 1.82 bits per heavy atom. The summed E-state index contributed by atoms with van der Waals surface area (Å²) in [6, 6.07) is 13.9.